The summed E-state index contributed by atoms with van der Waals surface area (Å²) in [6.07, 6.45) is -17.0. The van der Waals surface area contributed by atoms with E-state index in [1.54, 1.807) is 7.11 Å². The van der Waals surface area contributed by atoms with Crippen LogP contribution < -0.4 is 9.47 Å². The van der Waals surface area contributed by atoms with E-state index in [4.69, 9.17) is 75.8 Å². The molecule has 105 heavy (non-hydrogen) atoms. The molecule has 13 rings (SSSR count). The molecule has 0 spiro atoms. The number of rotatable bonds is 37. The number of methoxy groups -OCH3 is 1. The van der Waals surface area contributed by atoms with Crippen LogP contribution in [0.4, 0.5) is 0 Å². The molecule has 0 aliphatic carbocycles. The molecule has 15 atom stereocenters. The molecule has 3 saturated heterocycles. The van der Waals surface area contributed by atoms with Crippen molar-refractivity contribution >= 4 is 0 Å². The van der Waals surface area contributed by atoms with Crippen LogP contribution >= 0.6 is 0 Å². The van der Waals surface area contributed by atoms with Gasteiger partial charge in [0.25, 0.3) is 0 Å². The highest BCUT2D eigenvalue weighted by Gasteiger charge is 2.57. The van der Waals surface area contributed by atoms with Crippen molar-refractivity contribution in [2.75, 3.05) is 26.9 Å². The average molecular weight is 1420 g/mol. The minimum atomic E-state index is -1.41. The van der Waals surface area contributed by atoms with Crippen LogP contribution in [0.2, 0.25) is 0 Å². The minimum Gasteiger partial charge on any atom is -0.497 e. The van der Waals surface area contributed by atoms with Crippen molar-refractivity contribution in [2.24, 2.45) is 0 Å². The lowest BCUT2D eigenvalue weighted by Crippen LogP contribution is -2.68. The molecule has 0 saturated carbocycles. The smallest absolute Gasteiger partial charge is 0.229 e. The first-order valence-electron chi connectivity index (χ1n) is 36.0. The summed E-state index contributed by atoms with van der Waals surface area (Å²) in [5, 5.41) is 13.3. The van der Waals surface area contributed by atoms with Crippen molar-refractivity contribution in [3.63, 3.8) is 0 Å². The van der Waals surface area contributed by atoms with Crippen LogP contribution in [0.1, 0.15) is 50.1 Å². The van der Waals surface area contributed by atoms with Gasteiger partial charge in [-0.1, -0.05) is 273 Å². The molecule has 3 heterocycles. The first-order valence-corrected chi connectivity index (χ1v) is 36.0. The van der Waals surface area contributed by atoms with Gasteiger partial charge in [0.2, 0.25) is 6.29 Å². The lowest BCUT2D eigenvalue weighted by Gasteiger charge is -2.51. The van der Waals surface area contributed by atoms with Crippen molar-refractivity contribution in [2.45, 2.75) is 152 Å². The van der Waals surface area contributed by atoms with E-state index in [1.165, 1.54) is 0 Å². The van der Waals surface area contributed by atoms with Gasteiger partial charge >= 0.3 is 0 Å². The maximum absolute atomic E-state index is 13.3. The second-order valence-electron chi connectivity index (χ2n) is 26.2. The third kappa shape index (κ3) is 21.7. The summed E-state index contributed by atoms with van der Waals surface area (Å²) in [6, 6.07) is 96.2. The predicted molar refractivity (Wildman–Crippen MR) is 394 cm³/mol. The second kappa shape index (κ2) is 39.5. The number of benzene rings is 10. The monoisotopic (exact) mass is 1420 g/mol. The molecule has 0 amide bonds. The van der Waals surface area contributed by atoms with Crippen molar-refractivity contribution in [1.82, 2.24) is 0 Å². The Kier molecular flexibility index (Phi) is 28.0. The Balaban J connectivity index is 0.942. The molecule has 17 heteroatoms. The van der Waals surface area contributed by atoms with E-state index in [9.17, 15) is 5.11 Å². The summed E-state index contributed by atoms with van der Waals surface area (Å²) in [5.41, 5.74) is 8.14. The summed E-state index contributed by atoms with van der Waals surface area (Å²) in [4.78, 5) is 0. The summed E-state index contributed by atoms with van der Waals surface area (Å²) in [7, 11) is 1.61. The molecule has 1 N–H and O–H groups in total. The third-order valence-electron chi connectivity index (χ3n) is 18.6. The molecule has 3 aliphatic heterocycles. The van der Waals surface area contributed by atoms with Crippen molar-refractivity contribution in [1.29, 1.82) is 0 Å². The number of hydrogen-bond donors (Lipinski definition) is 1. The normalized spacial score (nSPS) is 24.6. The highest BCUT2D eigenvalue weighted by atomic mass is 16.8. The van der Waals surface area contributed by atoms with E-state index >= 15 is 0 Å². The quantitative estimate of drug-likeness (QED) is 0.0390. The summed E-state index contributed by atoms with van der Waals surface area (Å²) < 4.78 is 114. The predicted octanol–water partition coefficient (Wildman–Crippen LogP) is 14.5. The van der Waals surface area contributed by atoms with Crippen LogP contribution in [0.5, 0.6) is 11.5 Å². The van der Waals surface area contributed by atoms with E-state index in [0.717, 1.165) is 50.1 Å². The molecule has 17 nitrogen and oxygen atoms in total. The first-order chi connectivity index (χ1) is 51.9. The van der Waals surface area contributed by atoms with E-state index in [-0.39, 0.29) is 79.3 Å². The van der Waals surface area contributed by atoms with Crippen molar-refractivity contribution < 1.29 is 80.9 Å². The second-order valence-corrected chi connectivity index (χ2v) is 26.2. The third-order valence-corrected chi connectivity index (χ3v) is 18.6. The Morgan fingerprint density at radius 2 is 0.505 bits per heavy atom. The topological polar surface area (TPSA) is 168 Å². The van der Waals surface area contributed by atoms with Gasteiger partial charge in [-0.05, 0) is 74.3 Å². The molecule has 0 bridgehead atoms. The summed E-state index contributed by atoms with van der Waals surface area (Å²) in [6.45, 7) is 1.41. The first kappa shape index (κ1) is 74.5. The largest absolute Gasteiger partial charge is 0.497 e. The minimum absolute atomic E-state index is 0.0125. The zero-order chi connectivity index (χ0) is 71.5. The summed E-state index contributed by atoms with van der Waals surface area (Å²) >= 11 is 0. The van der Waals surface area contributed by atoms with Gasteiger partial charge in [0, 0.05) is 0 Å². The molecule has 0 aromatic heterocycles. The highest BCUT2D eigenvalue weighted by Crippen LogP contribution is 2.40. The lowest BCUT2D eigenvalue weighted by molar-refractivity contribution is -0.395. The van der Waals surface area contributed by atoms with E-state index in [2.05, 4.69) is 0 Å². The van der Waals surface area contributed by atoms with Gasteiger partial charge in [0.1, 0.15) is 78.6 Å². The Labute approximate surface area is 615 Å². The Bertz CT molecular complexity index is 4010. The molecular weight excluding hydrogens is 1330 g/mol. The van der Waals surface area contributed by atoms with Crippen LogP contribution in [-0.2, 0) is 126 Å². The van der Waals surface area contributed by atoms with E-state index in [1.807, 2.05) is 297 Å². The van der Waals surface area contributed by atoms with Crippen LogP contribution in [0.25, 0.3) is 0 Å². The molecule has 3 fully saturated rings. The SMILES string of the molecule is COc1ccc(O[C@H]2O[C@H](COCc3ccccc3)[C@@H](OCc3ccccc3)[C@H](OCc3ccccc3)[C@@H]2O[C@H]2O[C@H](COCc3ccccc3)[C@@H](OCc3ccccc3)[C@H](O[C@H]3O[C@H](COCc4ccccc4)[C@@H](OCc4ccccc4)[C@H](O)[C@@H]3OCc3ccccc3)[C@@H]2OCc2ccccc2)cc1. The number of aliphatic hydroxyl groups is 1. The highest BCUT2D eigenvalue weighted by molar-refractivity contribution is 5.32. The fourth-order valence-corrected chi connectivity index (χ4v) is 13.1. The fraction of sp³-hybridized carbons (Fsp3) is 0.318. The maximum Gasteiger partial charge on any atom is 0.229 e. The molecular formula is C88H92O17. The van der Waals surface area contributed by atoms with Gasteiger partial charge in [0.15, 0.2) is 18.7 Å². The van der Waals surface area contributed by atoms with Gasteiger partial charge in [-0.15, -0.1) is 0 Å². The van der Waals surface area contributed by atoms with Crippen LogP contribution in [0.15, 0.2) is 297 Å². The number of hydrogen-bond acceptors (Lipinski definition) is 17. The van der Waals surface area contributed by atoms with Gasteiger partial charge < -0.3 is 80.9 Å². The zero-order valence-electron chi connectivity index (χ0n) is 58.9. The Hall–Kier alpha value is -8.80. The molecule has 10 aromatic rings. The van der Waals surface area contributed by atoms with Gasteiger partial charge in [-0.3, -0.25) is 0 Å². The van der Waals surface area contributed by atoms with Crippen molar-refractivity contribution in [3.05, 3.63) is 347 Å². The number of aliphatic hydroxyl groups excluding tert-OH is 1. The Morgan fingerprint density at radius 3 is 0.857 bits per heavy atom. The molecule has 0 radical (unpaired) electrons. The van der Waals surface area contributed by atoms with Gasteiger partial charge in [-0.2, -0.15) is 0 Å². The Morgan fingerprint density at radius 1 is 0.248 bits per heavy atom. The van der Waals surface area contributed by atoms with Crippen LogP contribution in [-0.4, -0.2) is 124 Å². The van der Waals surface area contributed by atoms with E-state index in [0.29, 0.717) is 11.5 Å². The van der Waals surface area contributed by atoms with Gasteiger partial charge in [0.05, 0.1) is 86.4 Å². The van der Waals surface area contributed by atoms with Gasteiger partial charge in [-0.25, -0.2) is 0 Å². The molecule has 3 aliphatic rings. The summed E-state index contributed by atoms with van der Waals surface area (Å²) in [5.74, 6) is 1.06. The van der Waals surface area contributed by atoms with Crippen molar-refractivity contribution in [3.8, 4) is 11.5 Å². The molecule has 10 aromatic carbocycles. The molecule has 0 unspecified atom stereocenters. The standard InChI is InChI=1S/C88H92O17/c1-90-72-47-49-73(50-48-72)100-88-85(82(98-58-70-43-25-9-26-44-70)79(95-55-67-37-19-6-20-38-67)75(103-88)61-92-52-64-31-13-3-14-32-64)105-87-84(99-59-71-45-27-10-28-46-71)83(80(96-56-68-39-21-7-22-40-68)76(102-87)62-93-53-65-33-15-4-16-34-65)104-86-81(97-57-69-41-23-8-24-42-69)77(89)78(94-54-66-35-17-5-18-36-66)74(101-86)60-91-51-63-29-11-2-12-30-63/h2-50,74-89H,51-62H2,1H3/t74-,75-,76-,77+,78-,79-,80-,81+,82+,83+,84+,85+,86-,87-,88+/m1/s1. The lowest BCUT2D eigenvalue weighted by atomic mass is 9.95. The van der Waals surface area contributed by atoms with E-state index < -0.39 is 92.1 Å². The maximum atomic E-state index is 13.3. The fourth-order valence-electron chi connectivity index (χ4n) is 13.1. The average Bonchev–Trinajstić information content (AvgIpc) is 0.764. The molecule has 546 valence electrons. The van der Waals surface area contributed by atoms with Crippen LogP contribution in [0.3, 0.4) is 0 Å². The zero-order valence-corrected chi connectivity index (χ0v) is 58.9. The van der Waals surface area contributed by atoms with Crippen LogP contribution in [0, 0.1) is 0 Å². The number of ether oxygens (including phenoxy) is 16.